The Kier molecular flexibility index (Phi) is 12.1. The summed E-state index contributed by atoms with van der Waals surface area (Å²) in [5, 5.41) is 96.2. The van der Waals surface area contributed by atoms with E-state index in [-0.39, 0.29) is 84.5 Å². The first-order chi connectivity index (χ1) is 35.0. The molecule has 0 aromatic heterocycles. The Hall–Kier alpha value is -8.62. The third kappa shape index (κ3) is 8.49. The van der Waals surface area contributed by atoms with E-state index < -0.39 is 11.8 Å². The van der Waals surface area contributed by atoms with Gasteiger partial charge in [-0.3, -0.25) is 0 Å². The Morgan fingerprint density at radius 2 is 0.403 bits per heavy atom. The monoisotopic (exact) mass is 950 g/mol. The number of aromatic hydroxyl groups is 8. The molecule has 8 nitrogen and oxygen atoms in total. The molecule has 9 aromatic rings. The van der Waals surface area contributed by atoms with Crippen molar-refractivity contribution in [3.05, 3.63) is 270 Å². The molecular weight excluding hydrogens is 897 g/mol. The summed E-state index contributed by atoms with van der Waals surface area (Å²) in [6.07, 6.45) is 2.12. The number of rotatable bonds is 4. The molecule has 11 rings (SSSR count). The zero-order valence-corrected chi connectivity index (χ0v) is 39.6. The molecule has 0 aliphatic heterocycles. The Balaban J connectivity index is 1.05. The largest absolute Gasteiger partial charge is 0.507 e. The number of fused-ring (bicyclic) bond motifs is 16. The third-order valence-electron chi connectivity index (χ3n) is 15.2. The van der Waals surface area contributed by atoms with Gasteiger partial charge in [0, 0.05) is 72.6 Å². The van der Waals surface area contributed by atoms with Gasteiger partial charge >= 0.3 is 0 Å². The van der Waals surface area contributed by atoms with Gasteiger partial charge in [0.2, 0.25) is 0 Å². The predicted molar refractivity (Wildman–Crippen MR) is 279 cm³/mol. The highest BCUT2D eigenvalue weighted by Gasteiger charge is 2.30. The number of hydrogen-bond donors (Lipinski definition) is 8. The summed E-state index contributed by atoms with van der Waals surface area (Å²) < 4.78 is 0. The van der Waals surface area contributed by atoms with Crippen molar-refractivity contribution in [2.24, 2.45) is 0 Å². The molecular formula is C64H54O8. The first-order valence-electron chi connectivity index (χ1n) is 24.5. The molecule has 0 atom stereocenters. The van der Waals surface area contributed by atoms with E-state index in [0.717, 1.165) is 11.1 Å². The van der Waals surface area contributed by atoms with Crippen molar-refractivity contribution >= 4 is 0 Å². The topological polar surface area (TPSA) is 162 Å². The number of benzene rings is 9. The molecule has 72 heavy (non-hydrogen) atoms. The lowest BCUT2D eigenvalue weighted by Gasteiger charge is -2.26. The van der Waals surface area contributed by atoms with Gasteiger partial charge in [-0.2, -0.15) is 0 Å². The van der Waals surface area contributed by atoms with Gasteiger partial charge in [-0.05, 0) is 90.7 Å². The number of phenols is 8. The first-order valence-corrected chi connectivity index (χ1v) is 24.5. The summed E-state index contributed by atoms with van der Waals surface area (Å²) >= 11 is 0. The smallest absolute Gasteiger partial charge is 0.122 e. The average Bonchev–Trinajstić information content (AvgIpc) is 3.37. The van der Waals surface area contributed by atoms with Crippen LogP contribution in [-0.4, -0.2) is 40.9 Å². The molecule has 358 valence electrons. The van der Waals surface area contributed by atoms with E-state index in [1.54, 1.807) is 0 Å². The van der Waals surface area contributed by atoms with Gasteiger partial charge in [0.25, 0.3) is 0 Å². The second-order valence-electron chi connectivity index (χ2n) is 19.5. The average molecular weight is 951 g/mol. The summed E-state index contributed by atoms with van der Waals surface area (Å²) in [4.78, 5) is 0. The van der Waals surface area contributed by atoms with Crippen LogP contribution in [0.1, 0.15) is 112 Å². The Bertz CT molecular complexity index is 3120. The van der Waals surface area contributed by atoms with Gasteiger partial charge in [0.05, 0.1) is 0 Å². The van der Waals surface area contributed by atoms with E-state index in [0.29, 0.717) is 102 Å². The summed E-state index contributed by atoms with van der Waals surface area (Å²) in [5.74, 6) is -0.580. The van der Waals surface area contributed by atoms with Gasteiger partial charge in [-0.15, -0.1) is 0 Å². The van der Waals surface area contributed by atoms with Crippen LogP contribution >= 0.6 is 0 Å². The summed E-state index contributed by atoms with van der Waals surface area (Å²) in [6.45, 7) is 0. The standard InChI is InChI=1S/C64H54O8/c65-57-39-13-3-17-43(57)31-47-21-7-25-51(61(47)69)55(52-26-8-22-48(62(52)70)32-44-18-4-14-40(29-39)58(44)66)35-37-11-1-2-12-38(37)36-56-53-27-9-23-49(63(53)71)33-45-19-5-15-41(59(45)67)30-42-16-6-20-46(60(42)68)34-50-24-10-28-54(56)64(50)72/h1-28,55-56,65-72H,29-36H2. The van der Waals surface area contributed by atoms with Gasteiger partial charge in [0.15, 0.2) is 0 Å². The van der Waals surface area contributed by atoms with Crippen LogP contribution in [0.4, 0.5) is 0 Å². The van der Waals surface area contributed by atoms with Crippen LogP contribution in [-0.2, 0) is 51.4 Å². The first kappa shape index (κ1) is 45.8. The quantitative estimate of drug-likeness (QED) is 0.0865. The second-order valence-corrected chi connectivity index (χ2v) is 19.5. The maximum atomic E-state index is 12.4. The fourth-order valence-corrected chi connectivity index (χ4v) is 11.3. The zero-order chi connectivity index (χ0) is 49.6. The molecule has 0 saturated carbocycles. The van der Waals surface area contributed by atoms with E-state index in [4.69, 9.17) is 0 Å². The van der Waals surface area contributed by atoms with E-state index >= 15 is 0 Å². The molecule has 9 aromatic carbocycles. The molecule has 0 saturated heterocycles. The van der Waals surface area contributed by atoms with Crippen LogP contribution < -0.4 is 0 Å². The van der Waals surface area contributed by atoms with Gasteiger partial charge in [0.1, 0.15) is 46.0 Å². The minimum atomic E-state index is -0.601. The molecule has 0 radical (unpaired) electrons. The Labute approximate surface area is 418 Å². The number of para-hydroxylation sites is 8. The third-order valence-corrected chi connectivity index (χ3v) is 15.2. The van der Waals surface area contributed by atoms with Crippen molar-refractivity contribution in [3.8, 4) is 46.0 Å². The number of hydrogen-bond acceptors (Lipinski definition) is 8. The van der Waals surface area contributed by atoms with E-state index in [9.17, 15) is 40.9 Å². The molecule has 2 aliphatic rings. The van der Waals surface area contributed by atoms with Crippen molar-refractivity contribution in [2.45, 2.75) is 63.2 Å². The fourth-order valence-electron chi connectivity index (χ4n) is 11.3. The van der Waals surface area contributed by atoms with Crippen LogP contribution in [0.25, 0.3) is 0 Å². The normalized spacial score (nSPS) is 13.7. The highest BCUT2D eigenvalue weighted by Crippen LogP contribution is 2.47. The van der Waals surface area contributed by atoms with Gasteiger partial charge in [-0.1, -0.05) is 170 Å². The van der Waals surface area contributed by atoms with Crippen LogP contribution in [0.3, 0.4) is 0 Å². The molecule has 0 unspecified atom stereocenters. The lowest BCUT2D eigenvalue weighted by molar-refractivity contribution is 0.442. The van der Waals surface area contributed by atoms with Crippen LogP contribution in [0, 0.1) is 0 Å². The molecule has 2 aliphatic carbocycles. The molecule has 0 heterocycles. The molecule has 8 N–H and O–H groups in total. The Morgan fingerprint density at radius 3 is 0.611 bits per heavy atom. The van der Waals surface area contributed by atoms with Gasteiger partial charge < -0.3 is 40.9 Å². The maximum Gasteiger partial charge on any atom is 0.122 e. The highest BCUT2D eigenvalue weighted by atomic mass is 16.3. The SMILES string of the molecule is Oc1c2cccc1Cc1cccc(c1O)C(Cc1ccccc1CC1c3cccc(c3O)Cc3cccc(c3O)Cc3cccc(c3O)Cc3cccc1c3O)c1cccc(c1O)Cc1cccc(c1O)C2. The van der Waals surface area contributed by atoms with Crippen molar-refractivity contribution in [1.82, 2.24) is 0 Å². The molecule has 16 bridgehead atoms. The van der Waals surface area contributed by atoms with E-state index in [1.807, 2.05) is 170 Å². The lowest BCUT2D eigenvalue weighted by atomic mass is 9.78. The minimum absolute atomic E-state index is 0.0544. The summed E-state index contributed by atoms with van der Waals surface area (Å²) in [7, 11) is 0. The second kappa shape index (κ2) is 18.9. The zero-order valence-electron chi connectivity index (χ0n) is 39.6. The van der Waals surface area contributed by atoms with Crippen molar-refractivity contribution in [1.29, 1.82) is 0 Å². The van der Waals surface area contributed by atoms with Crippen molar-refractivity contribution < 1.29 is 40.9 Å². The lowest BCUT2D eigenvalue weighted by Crippen LogP contribution is -2.12. The van der Waals surface area contributed by atoms with Crippen LogP contribution in [0.5, 0.6) is 46.0 Å². The number of phenolic OH excluding ortho intramolecular Hbond substituents is 8. The molecule has 0 spiro atoms. The van der Waals surface area contributed by atoms with E-state index in [1.165, 1.54) is 0 Å². The maximum absolute atomic E-state index is 12.4. The summed E-state index contributed by atoms with van der Waals surface area (Å²) in [5.41, 5.74) is 11.6. The summed E-state index contributed by atoms with van der Waals surface area (Å²) in [6, 6.07) is 52.7. The fraction of sp³-hybridized carbons (Fsp3) is 0.156. The van der Waals surface area contributed by atoms with E-state index in [2.05, 4.69) is 0 Å². The molecule has 0 amide bonds. The van der Waals surface area contributed by atoms with Crippen LogP contribution in [0.2, 0.25) is 0 Å². The van der Waals surface area contributed by atoms with Crippen molar-refractivity contribution in [2.75, 3.05) is 0 Å². The van der Waals surface area contributed by atoms with Crippen LogP contribution in [0.15, 0.2) is 170 Å². The molecule has 0 fully saturated rings. The Morgan fingerprint density at radius 1 is 0.222 bits per heavy atom. The predicted octanol–water partition coefficient (Wildman–Crippen LogP) is 12.3. The highest BCUT2D eigenvalue weighted by molar-refractivity contribution is 5.60. The minimum Gasteiger partial charge on any atom is -0.507 e. The van der Waals surface area contributed by atoms with Crippen molar-refractivity contribution in [3.63, 3.8) is 0 Å². The van der Waals surface area contributed by atoms with Gasteiger partial charge in [-0.25, -0.2) is 0 Å². The molecule has 8 heteroatoms.